The second-order valence-electron chi connectivity index (χ2n) is 5.42. The summed E-state index contributed by atoms with van der Waals surface area (Å²) in [5, 5.41) is 14.6. The van der Waals surface area contributed by atoms with Crippen LogP contribution in [0.4, 0.5) is 0 Å². The van der Waals surface area contributed by atoms with Crippen molar-refractivity contribution in [3.05, 3.63) is 35.9 Å². The number of nitrogens with one attached hydrogen (secondary N) is 1. The Morgan fingerprint density at radius 2 is 2.10 bits per heavy atom. The van der Waals surface area contributed by atoms with E-state index in [-0.39, 0.29) is 11.7 Å². The van der Waals surface area contributed by atoms with E-state index in [1.165, 1.54) is 5.56 Å². The minimum absolute atomic E-state index is 0.0195. The van der Waals surface area contributed by atoms with Crippen LogP contribution in [0, 0.1) is 5.41 Å². The Morgan fingerprint density at radius 3 is 2.65 bits per heavy atom. The average molecular weight is 275 g/mol. The predicted molar refractivity (Wildman–Crippen MR) is 77.6 cm³/mol. The molecule has 1 fully saturated rings. The highest BCUT2D eigenvalue weighted by molar-refractivity contribution is 6.09. The van der Waals surface area contributed by atoms with Gasteiger partial charge in [-0.15, -0.1) is 0 Å². The summed E-state index contributed by atoms with van der Waals surface area (Å²) in [6, 6.07) is 10.2. The van der Waals surface area contributed by atoms with Crippen LogP contribution in [-0.2, 0) is 4.79 Å². The lowest BCUT2D eigenvalue weighted by molar-refractivity contribution is -0.124. The second-order valence-corrected chi connectivity index (χ2v) is 5.42. The number of carbonyl (C=O) groups excluding carboxylic acids is 1. The zero-order chi connectivity index (χ0) is 14.6. The van der Waals surface area contributed by atoms with Crippen LogP contribution in [0.2, 0.25) is 0 Å². The highest BCUT2D eigenvalue weighted by atomic mass is 16.4. The molecule has 0 spiro atoms. The molecule has 1 aromatic rings. The fraction of sp³-hybridized carbons (Fsp3) is 0.467. The van der Waals surface area contributed by atoms with Crippen LogP contribution in [0.3, 0.4) is 0 Å². The number of hydrogen-bond acceptors (Lipinski definition) is 3. The van der Waals surface area contributed by atoms with Crippen LogP contribution in [-0.4, -0.2) is 23.5 Å². The number of rotatable bonds is 6. The molecule has 1 atom stereocenters. The van der Waals surface area contributed by atoms with E-state index in [0.717, 1.165) is 6.42 Å². The van der Waals surface area contributed by atoms with Crippen molar-refractivity contribution >= 4 is 11.7 Å². The molecule has 0 aromatic heterocycles. The van der Waals surface area contributed by atoms with Crippen molar-refractivity contribution < 1.29 is 10.0 Å². The molecule has 1 amide bonds. The third-order valence-electron chi connectivity index (χ3n) is 4.01. The largest absolute Gasteiger partial charge is 0.409 e. The van der Waals surface area contributed by atoms with Gasteiger partial charge < -0.3 is 16.3 Å². The lowest BCUT2D eigenvalue weighted by atomic mass is 9.97. The summed E-state index contributed by atoms with van der Waals surface area (Å²) < 4.78 is 0. The molecule has 1 aliphatic carbocycles. The zero-order valence-corrected chi connectivity index (χ0v) is 11.7. The topological polar surface area (TPSA) is 87.7 Å². The Bertz CT molecular complexity index is 495. The van der Waals surface area contributed by atoms with E-state index < -0.39 is 5.41 Å². The van der Waals surface area contributed by atoms with Crippen molar-refractivity contribution in [3.63, 3.8) is 0 Å². The van der Waals surface area contributed by atoms with Gasteiger partial charge in [-0.05, 0) is 30.7 Å². The van der Waals surface area contributed by atoms with Crippen LogP contribution in [0.15, 0.2) is 35.5 Å². The fourth-order valence-electron chi connectivity index (χ4n) is 2.34. The summed E-state index contributed by atoms with van der Waals surface area (Å²) in [6.07, 6.45) is 2.17. The summed E-state index contributed by atoms with van der Waals surface area (Å²) in [4.78, 5) is 12.1. The molecule has 0 heterocycles. The van der Waals surface area contributed by atoms with Crippen LogP contribution < -0.4 is 11.1 Å². The van der Waals surface area contributed by atoms with Gasteiger partial charge in [-0.3, -0.25) is 4.79 Å². The molecule has 1 aromatic carbocycles. The molecule has 20 heavy (non-hydrogen) atoms. The van der Waals surface area contributed by atoms with E-state index in [1.54, 1.807) is 0 Å². The normalized spacial score (nSPS) is 18.4. The Labute approximate surface area is 118 Å². The van der Waals surface area contributed by atoms with Crippen molar-refractivity contribution in [1.82, 2.24) is 5.32 Å². The molecule has 1 saturated carbocycles. The maximum Gasteiger partial charge on any atom is 0.233 e. The Balaban J connectivity index is 1.81. The van der Waals surface area contributed by atoms with Gasteiger partial charge in [-0.25, -0.2) is 0 Å². The fourth-order valence-corrected chi connectivity index (χ4v) is 2.34. The van der Waals surface area contributed by atoms with Crippen LogP contribution >= 0.6 is 0 Å². The van der Waals surface area contributed by atoms with Crippen LogP contribution in [0.5, 0.6) is 0 Å². The monoisotopic (exact) mass is 275 g/mol. The minimum atomic E-state index is -0.759. The second kappa shape index (κ2) is 5.94. The Kier molecular flexibility index (Phi) is 4.27. The number of nitrogens with two attached hydrogens (primary N) is 1. The number of benzene rings is 1. The van der Waals surface area contributed by atoms with E-state index in [4.69, 9.17) is 10.9 Å². The zero-order valence-electron chi connectivity index (χ0n) is 11.7. The van der Waals surface area contributed by atoms with E-state index in [9.17, 15) is 4.79 Å². The lowest BCUT2D eigenvalue weighted by Gasteiger charge is -2.16. The third kappa shape index (κ3) is 2.92. The average Bonchev–Trinajstić information content (AvgIpc) is 3.28. The maximum absolute atomic E-state index is 12.1. The molecule has 0 aliphatic heterocycles. The summed E-state index contributed by atoms with van der Waals surface area (Å²) >= 11 is 0. The summed E-state index contributed by atoms with van der Waals surface area (Å²) in [5.74, 6) is 0.273. The first kappa shape index (κ1) is 14.4. The van der Waals surface area contributed by atoms with Gasteiger partial charge in [-0.1, -0.05) is 42.4 Å². The highest BCUT2D eigenvalue weighted by Gasteiger charge is 2.54. The number of amidine groups is 1. The van der Waals surface area contributed by atoms with E-state index in [0.29, 0.717) is 25.3 Å². The van der Waals surface area contributed by atoms with Crippen molar-refractivity contribution in [3.8, 4) is 0 Å². The van der Waals surface area contributed by atoms with Gasteiger partial charge in [-0.2, -0.15) is 0 Å². The molecule has 5 heteroatoms. The first-order chi connectivity index (χ1) is 9.60. The van der Waals surface area contributed by atoms with Crippen molar-refractivity contribution in [2.24, 2.45) is 16.3 Å². The maximum atomic E-state index is 12.1. The van der Waals surface area contributed by atoms with Gasteiger partial charge in [0.1, 0.15) is 5.41 Å². The van der Waals surface area contributed by atoms with Crippen LogP contribution in [0.25, 0.3) is 0 Å². The molecule has 2 rings (SSSR count). The van der Waals surface area contributed by atoms with E-state index in [2.05, 4.69) is 29.5 Å². The van der Waals surface area contributed by atoms with E-state index >= 15 is 0 Å². The molecule has 4 N–H and O–H groups in total. The Hall–Kier alpha value is -2.04. The van der Waals surface area contributed by atoms with Gasteiger partial charge in [0.2, 0.25) is 5.91 Å². The van der Waals surface area contributed by atoms with Gasteiger partial charge in [0.15, 0.2) is 5.84 Å². The molecule has 0 radical (unpaired) electrons. The summed E-state index contributed by atoms with van der Waals surface area (Å²) in [6.45, 7) is 2.73. The summed E-state index contributed by atoms with van der Waals surface area (Å²) in [7, 11) is 0. The summed E-state index contributed by atoms with van der Waals surface area (Å²) in [5.41, 5.74) is 6.08. The minimum Gasteiger partial charge on any atom is -0.409 e. The van der Waals surface area contributed by atoms with Crippen molar-refractivity contribution in [2.45, 2.75) is 32.1 Å². The molecular weight excluding hydrogens is 254 g/mol. The van der Waals surface area contributed by atoms with Gasteiger partial charge in [0, 0.05) is 6.54 Å². The number of carbonyl (C=O) groups is 1. The molecular formula is C15H21N3O2. The number of nitrogens with zero attached hydrogens (tertiary/aromatic N) is 1. The lowest BCUT2D eigenvalue weighted by Crippen LogP contribution is -2.41. The smallest absolute Gasteiger partial charge is 0.233 e. The quantitative estimate of drug-likeness (QED) is 0.320. The first-order valence-electron chi connectivity index (χ1n) is 6.91. The third-order valence-corrected chi connectivity index (χ3v) is 4.01. The predicted octanol–water partition coefficient (Wildman–Crippen LogP) is 1.82. The molecule has 108 valence electrons. The SMILES string of the molecule is CC(CCNC(=O)C1(/C(N)=N/O)CC1)c1ccccc1. The molecule has 0 saturated heterocycles. The van der Waals surface area contributed by atoms with Crippen molar-refractivity contribution in [2.75, 3.05) is 6.54 Å². The number of hydrogen-bond donors (Lipinski definition) is 3. The van der Waals surface area contributed by atoms with E-state index in [1.807, 2.05) is 18.2 Å². The highest BCUT2D eigenvalue weighted by Crippen LogP contribution is 2.46. The standard InChI is InChI=1S/C15H21N3O2/c1-11(12-5-3-2-4-6-12)7-10-17-14(19)15(8-9-15)13(16)18-20/h2-6,11,20H,7-10H2,1H3,(H2,16,18)(H,17,19). The van der Waals surface area contributed by atoms with Gasteiger partial charge in [0.25, 0.3) is 0 Å². The Morgan fingerprint density at radius 1 is 1.45 bits per heavy atom. The molecule has 0 bridgehead atoms. The van der Waals surface area contributed by atoms with Gasteiger partial charge >= 0.3 is 0 Å². The molecule has 1 unspecified atom stereocenters. The number of oxime groups is 1. The van der Waals surface area contributed by atoms with Crippen LogP contribution in [0.1, 0.15) is 37.7 Å². The van der Waals surface area contributed by atoms with Crippen molar-refractivity contribution in [1.29, 1.82) is 0 Å². The molecule has 1 aliphatic rings. The molecule has 5 nitrogen and oxygen atoms in total. The number of amides is 1. The first-order valence-corrected chi connectivity index (χ1v) is 6.91. The van der Waals surface area contributed by atoms with Gasteiger partial charge in [0.05, 0.1) is 0 Å².